The number of hydrogen-bond acceptors (Lipinski definition) is 3. The van der Waals surface area contributed by atoms with Crippen molar-refractivity contribution in [1.82, 2.24) is 0 Å². The fraction of sp³-hybridized carbons (Fsp3) is 0.160. The lowest BCUT2D eigenvalue weighted by Crippen LogP contribution is -2.07. The van der Waals surface area contributed by atoms with Crippen molar-refractivity contribution >= 4 is 5.97 Å². The van der Waals surface area contributed by atoms with Gasteiger partial charge in [-0.2, -0.15) is 0 Å². The van der Waals surface area contributed by atoms with Gasteiger partial charge in [0.2, 0.25) is 0 Å². The van der Waals surface area contributed by atoms with Gasteiger partial charge in [0.15, 0.2) is 0 Å². The molecule has 29 heavy (non-hydrogen) atoms. The molecule has 0 aliphatic rings. The highest BCUT2D eigenvalue weighted by atomic mass is 19.1. The monoisotopic (exact) mass is 390 g/mol. The van der Waals surface area contributed by atoms with Crippen molar-refractivity contribution in [2.75, 3.05) is 0 Å². The first-order valence-corrected chi connectivity index (χ1v) is 9.41. The molecule has 0 saturated heterocycles. The summed E-state index contributed by atoms with van der Waals surface area (Å²) in [7, 11) is 0. The summed E-state index contributed by atoms with van der Waals surface area (Å²) in [5.41, 5.74) is 4.65. The average molecular weight is 390 g/mol. The van der Waals surface area contributed by atoms with Gasteiger partial charge in [-0.05, 0) is 53.8 Å². The zero-order valence-electron chi connectivity index (χ0n) is 16.5. The summed E-state index contributed by atoms with van der Waals surface area (Å²) in [6.07, 6.45) is 1.68. The first-order valence-electron chi connectivity index (χ1n) is 9.41. The molecule has 3 aromatic carbocycles. The third-order valence-electron chi connectivity index (χ3n) is 4.88. The SMILES string of the molecule is C/C=C(\C)C(=O)OCc1cc(-c2ccc(-c3ccccc3)cc2F)ccc1CO. The number of carbonyl (C=O) groups is 1. The van der Waals surface area contributed by atoms with Gasteiger partial charge in [-0.25, -0.2) is 9.18 Å². The fourth-order valence-corrected chi connectivity index (χ4v) is 3.02. The number of aliphatic hydroxyl groups is 1. The van der Waals surface area contributed by atoms with Crippen LogP contribution in [-0.2, 0) is 22.7 Å². The number of aliphatic hydroxyl groups excluding tert-OH is 1. The van der Waals surface area contributed by atoms with E-state index in [4.69, 9.17) is 4.74 Å². The van der Waals surface area contributed by atoms with Crippen molar-refractivity contribution in [2.24, 2.45) is 0 Å². The van der Waals surface area contributed by atoms with E-state index < -0.39 is 5.97 Å². The lowest BCUT2D eigenvalue weighted by molar-refractivity contribution is -0.140. The molecule has 3 aromatic rings. The quantitative estimate of drug-likeness (QED) is 0.436. The van der Waals surface area contributed by atoms with Crippen molar-refractivity contribution in [3.8, 4) is 22.3 Å². The maximum atomic E-state index is 14.9. The molecular formula is C25H23FO3. The van der Waals surface area contributed by atoms with Gasteiger partial charge in [0.25, 0.3) is 0 Å². The Kier molecular flexibility index (Phi) is 6.57. The number of allylic oxidation sites excluding steroid dienone is 1. The smallest absolute Gasteiger partial charge is 0.333 e. The summed E-state index contributed by atoms with van der Waals surface area (Å²) in [4.78, 5) is 11.9. The predicted molar refractivity (Wildman–Crippen MR) is 112 cm³/mol. The van der Waals surface area contributed by atoms with Gasteiger partial charge >= 0.3 is 5.97 Å². The molecule has 0 spiro atoms. The third-order valence-corrected chi connectivity index (χ3v) is 4.88. The molecule has 4 heteroatoms. The molecule has 148 valence electrons. The molecule has 0 aromatic heterocycles. The fourth-order valence-electron chi connectivity index (χ4n) is 3.02. The zero-order chi connectivity index (χ0) is 20.8. The molecule has 0 saturated carbocycles. The summed E-state index contributed by atoms with van der Waals surface area (Å²) in [5.74, 6) is -0.754. The Morgan fingerprint density at radius 3 is 2.34 bits per heavy atom. The number of hydrogen-bond donors (Lipinski definition) is 1. The number of rotatable bonds is 6. The van der Waals surface area contributed by atoms with Gasteiger partial charge in [-0.3, -0.25) is 0 Å². The van der Waals surface area contributed by atoms with E-state index in [9.17, 15) is 14.3 Å². The Labute approximate surface area is 170 Å². The topological polar surface area (TPSA) is 46.5 Å². The van der Waals surface area contributed by atoms with E-state index in [1.807, 2.05) is 36.4 Å². The first kappa shape index (κ1) is 20.5. The molecule has 0 aliphatic carbocycles. The van der Waals surface area contributed by atoms with Gasteiger partial charge in [0.1, 0.15) is 12.4 Å². The second kappa shape index (κ2) is 9.30. The second-order valence-corrected chi connectivity index (χ2v) is 6.75. The number of carbonyl (C=O) groups excluding carboxylic acids is 1. The van der Waals surface area contributed by atoms with Crippen LogP contribution < -0.4 is 0 Å². The van der Waals surface area contributed by atoms with Crippen molar-refractivity contribution in [1.29, 1.82) is 0 Å². The Morgan fingerprint density at radius 2 is 1.69 bits per heavy atom. The van der Waals surface area contributed by atoms with E-state index in [1.165, 1.54) is 6.07 Å². The van der Waals surface area contributed by atoms with Gasteiger partial charge in [0, 0.05) is 11.1 Å². The lowest BCUT2D eigenvalue weighted by atomic mass is 9.97. The van der Waals surface area contributed by atoms with E-state index in [-0.39, 0.29) is 19.0 Å². The number of halogens is 1. The molecule has 0 heterocycles. The van der Waals surface area contributed by atoms with E-state index in [0.29, 0.717) is 27.8 Å². The molecule has 0 atom stereocenters. The van der Waals surface area contributed by atoms with Crippen LogP contribution in [0.2, 0.25) is 0 Å². The maximum absolute atomic E-state index is 14.9. The Bertz CT molecular complexity index is 1040. The van der Waals surface area contributed by atoms with Crippen LogP contribution in [0.15, 0.2) is 78.4 Å². The van der Waals surface area contributed by atoms with Crippen molar-refractivity contribution in [3.05, 3.63) is 95.3 Å². The molecule has 0 fully saturated rings. The summed E-state index contributed by atoms with van der Waals surface area (Å²) >= 11 is 0. The van der Waals surface area contributed by atoms with Crippen LogP contribution >= 0.6 is 0 Å². The summed E-state index contributed by atoms with van der Waals surface area (Å²) in [5, 5.41) is 9.59. The van der Waals surface area contributed by atoms with Crippen LogP contribution in [0, 0.1) is 5.82 Å². The van der Waals surface area contributed by atoms with E-state index in [0.717, 1.165) is 11.1 Å². The molecule has 0 bridgehead atoms. The predicted octanol–water partition coefficient (Wildman–Crippen LogP) is 5.66. The number of ether oxygens (including phenoxy) is 1. The largest absolute Gasteiger partial charge is 0.457 e. The highest BCUT2D eigenvalue weighted by Gasteiger charge is 2.12. The molecule has 0 unspecified atom stereocenters. The third kappa shape index (κ3) is 4.79. The van der Waals surface area contributed by atoms with Crippen molar-refractivity contribution < 1.29 is 19.0 Å². The van der Waals surface area contributed by atoms with E-state index in [1.54, 1.807) is 44.2 Å². The molecule has 3 nitrogen and oxygen atoms in total. The standard InChI is InChI=1S/C25H23FO3/c1-3-17(2)25(28)29-16-22-13-20(9-10-21(22)15-27)23-12-11-19(14-24(23)26)18-7-5-4-6-8-18/h3-14,27H,15-16H2,1-2H3/b17-3+. The van der Waals surface area contributed by atoms with Gasteiger partial charge in [-0.15, -0.1) is 0 Å². The number of esters is 1. The molecule has 1 N–H and O–H groups in total. The Balaban J connectivity index is 1.90. The Morgan fingerprint density at radius 1 is 0.966 bits per heavy atom. The van der Waals surface area contributed by atoms with Crippen LogP contribution in [0.25, 0.3) is 22.3 Å². The van der Waals surface area contributed by atoms with Gasteiger partial charge in [0.05, 0.1) is 6.61 Å². The van der Waals surface area contributed by atoms with Crippen LogP contribution in [0.3, 0.4) is 0 Å². The molecule has 0 aliphatic heterocycles. The van der Waals surface area contributed by atoms with Crippen LogP contribution in [-0.4, -0.2) is 11.1 Å². The van der Waals surface area contributed by atoms with Crippen LogP contribution in [0.5, 0.6) is 0 Å². The van der Waals surface area contributed by atoms with Crippen molar-refractivity contribution in [3.63, 3.8) is 0 Å². The minimum absolute atomic E-state index is 0.0114. The van der Waals surface area contributed by atoms with Crippen LogP contribution in [0.4, 0.5) is 4.39 Å². The summed E-state index contributed by atoms with van der Waals surface area (Å²) in [6, 6.07) is 20.0. The van der Waals surface area contributed by atoms with Gasteiger partial charge < -0.3 is 9.84 Å². The van der Waals surface area contributed by atoms with E-state index >= 15 is 0 Å². The average Bonchev–Trinajstić information content (AvgIpc) is 2.77. The highest BCUT2D eigenvalue weighted by molar-refractivity contribution is 5.87. The van der Waals surface area contributed by atoms with Gasteiger partial charge in [-0.1, -0.05) is 60.7 Å². The van der Waals surface area contributed by atoms with Crippen molar-refractivity contribution in [2.45, 2.75) is 27.1 Å². The maximum Gasteiger partial charge on any atom is 0.333 e. The summed E-state index contributed by atoms with van der Waals surface area (Å²) < 4.78 is 20.2. The van der Waals surface area contributed by atoms with Crippen LogP contribution in [0.1, 0.15) is 25.0 Å². The zero-order valence-corrected chi connectivity index (χ0v) is 16.5. The molecule has 0 radical (unpaired) electrons. The normalized spacial score (nSPS) is 11.4. The Hall–Kier alpha value is -3.24. The highest BCUT2D eigenvalue weighted by Crippen LogP contribution is 2.29. The minimum atomic E-state index is -0.416. The lowest BCUT2D eigenvalue weighted by Gasteiger charge is -2.13. The summed E-state index contributed by atoms with van der Waals surface area (Å²) in [6.45, 7) is 3.26. The first-order chi connectivity index (χ1) is 14.0. The molecule has 3 rings (SSSR count). The minimum Gasteiger partial charge on any atom is -0.457 e. The van der Waals surface area contributed by atoms with E-state index in [2.05, 4.69) is 0 Å². The second-order valence-electron chi connectivity index (χ2n) is 6.75. The molecular weight excluding hydrogens is 367 g/mol. The number of benzene rings is 3. The molecule has 0 amide bonds.